The van der Waals surface area contributed by atoms with Gasteiger partial charge in [0.25, 0.3) is 0 Å². The Morgan fingerprint density at radius 1 is 1.42 bits per heavy atom. The second-order valence-corrected chi connectivity index (χ2v) is 7.44. The Morgan fingerprint density at radius 3 is 2.92 bits per heavy atom. The molecule has 1 aromatic heterocycles. The van der Waals surface area contributed by atoms with Crippen LogP contribution in [0, 0.1) is 11.8 Å². The standard InChI is InChI=1S/C20H24N2O2/c1-3-14-10-22-11-15(14)9-20(22,2)19(24)16-6-7-21-18-5-4-13(12-23)8-17(16)18/h3-8,14-15,19,23-24H,1,9-12H2,2H3/t14-,15+,19+,20-/m0/s1. The summed E-state index contributed by atoms with van der Waals surface area (Å²) in [4.78, 5) is 6.82. The van der Waals surface area contributed by atoms with Crippen LogP contribution in [-0.4, -0.2) is 38.7 Å². The number of fused-ring (bicyclic) bond motifs is 3. The van der Waals surface area contributed by atoms with E-state index in [1.807, 2.05) is 24.3 Å². The predicted molar refractivity (Wildman–Crippen MR) is 94.4 cm³/mol. The summed E-state index contributed by atoms with van der Waals surface area (Å²) in [6, 6.07) is 7.65. The molecule has 2 bridgehead atoms. The molecule has 126 valence electrons. The zero-order valence-electron chi connectivity index (χ0n) is 14.0. The molecule has 2 saturated heterocycles. The first-order valence-electron chi connectivity index (χ1n) is 8.61. The van der Waals surface area contributed by atoms with E-state index in [1.54, 1.807) is 6.20 Å². The van der Waals surface area contributed by atoms with E-state index < -0.39 is 6.10 Å². The lowest BCUT2D eigenvalue weighted by Crippen LogP contribution is -2.48. The number of piperidine rings is 1. The van der Waals surface area contributed by atoms with Crippen LogP contribution in [0.3, 0.4) is 0 Å². The molecular weight excluding hydrogens is 300 g/mol. The number of benzene rings is 1. The van der Waals surface area contributed by atoms with Gasteiger partial charge in [0, 0.05) is 30.2 Å². The molecule has 2 aliphatic rings. The molecule has 2 aliphatic heterocycles. The lowest BCUT2D eigenvalue weighted by Gasteiger charge is -2.42. The van der Waals surface area contributed by atoms with E-state index in [9.17, 15) is 10.2 Å². The van der Waals surface area contributed by atoms with Crippen LogP contribution in [0.1, 0.15) is 30.6 Å². The number of rotatable bonds is 4. The van der Waals surface area contributed by atoms with Gasteiger partial charge in [-0.1, -0.05) is 12.1 Å². The van der Waals surface area contributed by atoms with Crippen molar-refractivity contribution < 1.29 is 10.2 Å². The van der Waals surface area contributed by atoms with Crippen LogP contribution in [-0.2, 0) is 6.61 Å². The van der Waals surface area contributed by atoms with E-state index in [0.29, 0.717) is 11.8 Å². The maximum Gasteiger partial charge on any atom is 0.0978 e. The van der Waals surface area contributed by atoms with Gasteiger partial charge in [0.15, 0.2) is 0 Å². The number of pyridine rings is 1. The number of hydrogen-bond donors (Lipinski definition) is 2. The molecule has 2 N–H and O–H groups in total. The molecule has 1 aromatic carbocycles. The molecule has 4 rings (SSSR count). The summed E-state index contributed by atoms with van der Waals surface area (Å²) in [7, 11) is 0. The molecular formula is C20H24N2O2. The first-order chi connectivity index (χ1) is 11.6. The smallest absolute Gasteiger partial charge is 0.0978 e. The maximum atomic E-state index is 11.3. The molecule has 4 heteroatoms. The number of aliphatic hydroxyl groups is 2. The van der Waals surface area contributed by atoms with E-state index in [4.69, 9.17) is 0 Å². The quantitative estimate of drug-likeness (QED) is 0.849. The first kappa shape index (κ1) is 15.8. The van der Waals surface area contributed by atoms with Crippen molar-refractivity contribution in [2.24, 2.45) is 11.8 Å². The van der Waals surface area contributed by atoms with Crippen molar-refractivity contribution in [3.63, 3.8) is 0 Å². The normalized spacial score (nSPS) is 33.0. The zero-order chi connectivity index (χ0) is 16.9. The molecule has 4 nitrogen and oxygen atoms in total. The topological polar surface area (TPSA) is 56.6 Å². The Hall–Kier alpha value is -1.75. The van der Waals surface area contributed by atoms with E-state index in [1.165, 1.54) is 0 Å². The Morgan fingerprint density at radius 2 is 2.25 bits per heavy atom. The molecule has 24 heavy (non-hydrogen) atoms. The Balaban J connectivity index is 1.74. The molecule has 0 amide bonds. The van der Waals surface area contributed by atoms with Crippen molar-refractivity contribution in [3.05, 3.63) is 54.2 Å². The average molecular weight is 324 g/mol. The van der Waals surface area contributed by atoms with Crippen molar-refractivity contribution in [3.8, 4) is 0 Å². The Labute approximate surface area is 142 Å². The zero-order valence-corrected chi connectivity index (χ0v) is 14.0. The van der Waals surface area contributed by atoms with Crippen LogP contribution in [0.2, 0.25) is 0 Å². The SMILES string of the molecule is C=C[C@H]1CN2C[C@H]1C[C@@]2(C)[C@H](O)c1ccnc2ccc(CO)cc12. The fraction of sp³-hybridized carbons (Fsp3) is 0.450. The highest BCUT2D eigenvalue weighted by Gasteiger charge is 2.53. The number of hydrogen-bond acceptors (Lipinski definition) is 4. The van der Waals surface area contributed by atoms with Crippen molar-refractivity contribution in [2.45, 2.75) is 31.6 Å². The molecule has 3 heterocycles. The molecule has 0 aliphatic carbocycles. The van der Waals surface area contributed by atoms with Gasteiger partial charge in [0.05, 0.1) is 18.2 Å². The minimum atomic E-state index is -0.576. The monoisotopic (exact) mass is 324 g/mol. The second-order valence-electron chi connectivity index (χ2n) is 7.44. The number of aliphatic hydroxyl groups excluding tert-OH is 2. The average Bonchev–Trinajstić information content (AvgIpc) is 3.17. The summed E-state index contributed by atoms with van der Waals surface area (Å²) in [5.74, 6) is 1.13. The minimum Gasteiger partial charge on any atom is -0.392 e. The van der Waals surface area contributed by atoms with Gasteiger partial charge < -0.3 is 10.2 Å². The lowest BCUT2D eigenvalue weighted by atomic mass is 9.77. The predicted octanol–water partition coefficient (Wildman–Crippen LogP) is 2.66. The lowest BCUT2D eigenvalue weighted by molar-refractivity contribution is -0.00732. The fourth-order valence-electron chi connectivity index (χ4n) is 4.63. The summed E-state index contributed by atoms with van der Waals surface area (Å²) in [5, 5.41) is 21.6. The van der Waals surface area contributed by atoms with Gasteiger partial charge in [-0.3, -0.25) is 9.88 Å². The van der Waals surface area contributed by atoms with Gasteiger partial charge in [-0.05, 0) is 54.5 Å². The molecule has 1 unspecified atom stereocenters. The molecule has 0 radical (unpaired) electrons. The van der Waals surface area contributed by atoms with Gasteiger partial charge in [-0.2, -0.15) is 0 Å². The van der Waals surface area contributed by atoms with Crippen LogP contribution in [0.4, 0.5) is 0 Å². The summed E-state index contributed by atoms with van der Waals surface area (Å²) in [6.45, 7) is 8.13. The van der Waals surface area contributed by atoms with Crippen molar-refractivity contribution >= 4 is 10.9 Å². The summed E-state index contributed by atoms with van der Waals surface area (Å²) >= 11 is 0. The third-order valence-corrected chi connectivity index (χ3v) is 6.10. The van der Waals surface area contributed by atoms with E-state index in [-0.39, 0.29) is 12.1 Å². The van der Waals surface area contributed by atoms with Crippen LogP contribution in [0.15, 0.2) is 43.1 Å². The number of aromatic nitrogens is 1. The van der Waals surface area contributed by atoms with Gasteiger partial charge in [-0.15, -0.1) is 6.58 Å². The van der Waals surface area contributed by atoms with E-state index >= 15 is 0 Å². The van der Waals surface area contributed by atoms with Crippen LogP contribution in [0.5, 0.6) is 0 Å². The van der Waals surface area contributed by atoms with Crippen LogP contribution < -0.4 is 0 Å². The van der Waals surface area contributed by atoms with Crippen molar-refractivity contribution in [2.75, 3.05) is 13.1 Å². The minimum absolute atomic E-state index is 0.00709. The molecule has 2 fully saturated rings. The van der Waals surface area contributed by atoms with Crippen molar-refractivity contribution in [1.29, 1.82) is 0 Å². The third kappa shape index (κ3) is 2.21. The third-order valence-electron chi connectivity index (χ3n) is 6.10. The molecule has 0 spiro atoms. The van der Waals surface area contributed by atoms with Crippen molar-refractivity contribution in [1.82, 2.24) is 9.88 Å². The summed E-state index contributed by atoms with van der Waals surface area (Å²) in [5.41, 5.74) is 2.34. The maximum absolute atomic E-state index is 11.3. The Kier molecular flexibility index (Phi) is 3.71. The second kappa shape index (κ2) is 5.66. The molecule has 5 atom stereocenters. The Bertz CT molecular complexity index is 790. The highest BCUT2D eigenvalue weighted by Crippen LogP contribution is 2.50. The van der Waals surface area contributed by atoms with Gasteiger partial charge in [0.1, 0.15) is 0 Å². The molecule has 0 saturated carbocycles. The fourth-order valence-corrected chi connectivity index (χ4v) is 4.63. The summed E-state index contributed by atoms with van der Waals surface area (Å²) in [6.07, 6.45) is 4.23. The van der Waals surface area contributed by atoms with Gasteiger partial charge >= 0.3 is 0 Å². The van der Waals surface area contributed by atoms with Gasteiger partial charge in [0.2, 0.25) is 0 Å². The highest BCUT2D eigenvalue weighted by molar-refractivity contribution is 5.83. The van der Waals surface area contributed by atoms with E-state index in [0.717, 1.165) is 41.5 Å². The largest absolute Gasteiger partial charge is 0.392 e. The van der Waals surface area contributed by atoms with E-state index in [2.05, 4.69) is 29.5 Å². The summed E-state index contributed by atoms with van der Waals surface area (Å²) < 4.78 is 0. The van der Waals surface area contributed by atoms with Crippen LogP contribution in [0.25, 0.3) is 10.9 Å². The van der Waals surface area contributed by atoms with Crippen LogP contribution >= 0.6 is 0 Å². The molecule has 2 aromatic rings. The highest BCUT2D eigenvalue weighted by atomic mass is 16.3. The number of nitrogens with zero attached hydrogens (tertiary/aromatic N) is 2. The van der Waals surface area contributed by atoms with Gasteiger partial charge in [-0.25, -0.2) is 0 Å². The first-order valence-corrected chi connectivity index (χ1v) is 8.61.